The average Bonchev–Trinajstić information content (AvgIpc) is 2.96. The predicted octanol–water partition coefficient (Wildman–Crippen LogP) is 3.33. The Labute approximate surface area is 150 Å². The quantitative estimate of drug-likeness (QED) is 0.684. The summed E-state index contributed by atoms with van der Waals surface area (Å²) in [6, 6.07) is 32.1. The third-order valence-corrected chi connectivity index (χ3v) is 5.63. The van der Waals surface area contributed by atoms with Crippen LogP contribution in [0.1, 0.15) is 18.6 Å². The zero-order valence-corrected chi connectivity index (χ0v) is 14.7. The molecule has 1 saturated heterocycles. The van der Waals surface area contributed by atoms with Gasteiger partial charge in [-0.25, -0.2) is 0 Å². The summed E-state index contributed by atoms with van der Waals surface area (Å²) in [6.45, 7) is 0.829. The summed E-state index contributed by atoms with van der Waals surface area (Å²) in [5.74, 6) is 0. The SMILES string of the molecule is C[C@H]1[C@H](c2ccccc2)O[B-](c2ccccc2)(c2ccccc2)N1C. The van der Waals surface area contributed by atoms with Crippen LogP contribution in [0, 0.1) is 0 Å². The zero-order valence-electron chi connectivity index (χ0n) is 14.7. The maximum absolute atomic E-state index is 6.92. The molecule has 0 unspecified atom stereocenters. The molecule has 2 atom stereocenters. The summed E-state index contributed by atoms with van der Waals surface area (Å²) in [7, 11) is 2.19. The van der Waals surface area contributed by atoms with Gasteiger partial charge in [0.05, 0.1) is 6.10 Å². The van der Waals surface area contributed by atoms with Crippen LogP contribution >= 0.6 is 0 Å². The van der Waals surface area contributed by atoms with Gasteiger partial charge in [0, 0.05) is 0 Å². The number of hydrogen-bond acceptors (Lipinski definition) is 2. The summed E-state index contributed by atoms with van der Waals surface area (Å²) in [4.78, 5) is 2.42. The highest BCUT2D eigenvalue weighted by molar-refractivity contribution is 6.95. The first-order valence-corrected chi connectivity index (χ1v) is 8.94. The monoisotopic (exact) mass is 328 g/mol. The normalized spacial score (nSPS) is 22.8. The van der Waals surface area contributed by atoms with Crippen molar-refractivity contribution in [3.8, 4) is 0 Å². The predicted molar refractivity (Wildman–Crippen MR) is 105 cm³/mol. The van der Waals surface area contributed by atoms with E-state index in [4.69, 9.17) is 4.65 Å². The van der Waals surface area contributed by atoms with Crippen LogP contribution in [0.15, 0.2) is 91.0 Å². The van der Waals surface area contributed by atoms with E-state index in [9.17, 15) is 0 Å². The number of nitrogens with zero attached hydrogens (tertiary/aromatic N) is 1. The largest absolute Gasteiger partial charge is 0.563 e. The van der Waals surface area contributed by atoms with E-state index in [1.807, 2.05) is 0 Å². The minimum Gasteiger partial charge on any atom is -0.563 e. The zero-order chi connectivity index (χ0) is 17.3. The molecule has 0 N–H and O–H groups in total. The lowest BCUT2D eigenvalue weighted by Gasteiger charge is -2.45. The summed E-state index contributed by atoms with van der Waals surface area (Å²) in [5.41, 5.74) is 3.68. The highest BCUT2D eigenvalue weighted by atomic mass is 16.5. The molecule has 3 aromatic rings. The summed E-state index contributed by atoms with van der Waals surface area (Å²) >= 11 is 0. The van der Waals surface area contributed by atoms with E-state index in [1.54, 1.807) is 0 Å². The fourth-order valence-electron chi connectivity index (χ4n) is 4.21. The second-order valence-electron chi connectivity index (χ2n) is 6.94. The topological polar surface area (TPSA) is 12.5 Å². The first-order chi connectivity index (χ1) is 12.2. The number of benzene rings is 3. The first kappa shape index (κ1) is 16.1. The molecule has 0 aliphatic carbocycles. The smallest absolute Gasteiger partial charge is 0.242 e. The lowest BCUT2D eigenvalue weighted by Crippen LogP contribution is -2.68. The van der Waals surface area contributed by atoms with Crippen LogP contribution in [0.2, 0.25) is 0 Å². The molecule has 3 heteroatoms. The standard InChI is InChI=1S/C22H23BNO/c1-18-22(19-12-6-3-7-13-19)25-23(24(18)2,20-14-8-4-9-15-20)21-16-10-5-11-17-21/h3-18,22H,1-2H3/q-1/t18-,22+/m0/s1. The van der Waals surface area contributed by atoms with E-state index in [2.05, 4.69) is 110 Å². The highest BCUT2D eigenvalue weighted by Gasteiger charge is 2.45. The van der Waals surface area contributed by atoms with Gasteiger partial charge in [0.25, 0.3) is 0 Å². The van der Waals surface area contributed by atoms with Crippen molar-refractivity contribution < 1.29 is 4.65 Å². The van der Waals surface area contributed by atoms with Crippen molar-refractivity contribution in [2.45, 2.75) is 19.1 Å². The van der Waals surface area contributed by atoms with Crippen molar-refractivity contribution in [2.75, 3.05) is 7.05 Å². The molecule has 0 radical (unpaired) electrons. The molecule has 3 aromatic carbocycles. The van der Waals surface area contributed by atoms with E-state index >= 15 is 0 Å². The van der Waals surface area contributed by atoms with Gasteiger partial charge >= 0.3 is 0 Å². The van der Waals surface area contributed by atoms with E-state index in [0.717, 1.165) is 0 Å². The van der Waals surface area contributed by atoms with Crippen LogP contribution in [0.5, 0.6) is 0 Å². The Morgan fingerprint density at radius 3 is 1.64 bits per heavy atom. The molecule has 0 amide bonds. The van der Waals surface area contributed by atoms with Gasteiger partial charge in [0.2, 0.25) is 6.48 Å². The van der Waals surface area contributed by atoms with E-state index in [0.29, 0.717) is 0 Å². The molecule has 0 bridgehead atoms. The van der Waals surface area contributed by atoms with Gasteiger partial charge in [-0.05, 0) is 18.7 Å². The maximum Gasteiger partial charge on any atom is 0.242 e. The molecule has 0 aromatic heterocycles. The second kappa shape index (κ2) is 6.51. The highest BCUT2D eigenvalue weighted by Crippen LogP contribution is 2.37. The number of hydrogen-bond donors (Lipinski definition) is 0. The van der Waals surface area contributed by atoms with Gasteiger partial charge in [-0.15, -0.1) is 0 Å². The molecule has 4 rings (SSSR count). The Hall–Kier alpha value is -2.36. The molecular formula is C22H23BNO-. The van der Waals surface area contributed by atoms with E-state index in [1.165, 1.54) is 16.5 Å². The van der Waals surface area contributed by atoms with Gasteiger partial charge in [0.15, 0.2) is 0 Å². The Morgan fingerprint density at radius 1 is 0.720 bits per heavy atom. The van der Waals surface area contributed by atoms with Crippen LogP contribution in [-0.4, -0.2) is 24.4 Å². The van der Waals surface area contributed by atoms with Crippen LogP contribution in [-0.2, 0) is 4.65 Å². The van der Waals surface area contributed by atoms with Crippen molar-refractivity contribution >= 4 is 17.4 Å². The van der Waals surface area contributed by atoms with E-state index in [-0.39, 0.29) is 12.1 Å². The molecule has 25 heavy (non-hydrogen) atoms. The summed E-state index contributed by atoms with van der Waals surface area (Å²) in [6.07, 6.45) is 0.0478. The lowest BCUT2D eigenvalue weighted by atomic mass is 9.41. The number of rotatable bonds is 3. The molecule has 0 saturated carbocycles. The Kier molecular flexibility index (Phi) is 4.20. The van der Waals surface area contributed by atoms with Gasteiger partial charge in [-0.2, -0.15) is 10.9 Å². The molecule has 2 nitrogen and oxygen atoms in total. The minimum absolute atomic E-state index is 0.0478. The maximum atomic E-state index is 6.92. The molecule has 126 valence electrons. The Balaban J connectivity index is 1.87. The van der Waals surface area contributed by atoms with Gasteiger partial charge in [-0.3, -0.25) is 0 Å². The summed E-state index contributed by atoms with van der Waals surface area (Å²) in [5, 5.41) is 0. The molecular weight excluding hydrogens is 305 g/mol. The van der Waals surface area contributed by atoms with Crippen LogP contribution in [0.4, 0.5) is 0 Å². The second-order valence-corrected chi connectivity index (χ2v) is 6.94. The fourth-order valence-corrected chi connectivity index (χ4v) is 4.21. The van der Waals surface area contributed by atoms with Gasteiger partial charge in [0.1, 0.15) is 0 Å². The minimum atomic E-state index is -1.43. The van der Waals surface area contributed by atoms with Crippen LogP contribution in [0.25, 0.3) is 0 Å². The van der Waals surface area contributed by atoms with Crippen molar-refractivity contribution in [3.63, 3.8) is 0 Å². The van der Waals surface area contributed by atoms with Crippen LogP contribution < -0.4 is 10.9 Å². The molecule has 0 spiro atoms. The molecule has 1 aliphatic heterocycles. The fraction of sp³-hybridized carbons (Fsp3) is 0.182. The van der Waals surface area contributed by atoms with Crippen molar-refractivity contribution in [1.82, 2.24) is 4.81 Å². The van der Waals surface area contributed by atoms with Crippen molar-refractivity contribution in [2.24, 2.45) is 0 Å². The first-order valence-electron chi connectivity index (χ1n) is 8.94. The average molecular weight is 328 g/mol. The van der Waals surface area contributed by atoms with E-state index < -0.39 is 6.48 Å². The Morgan fingerprint density at radius 2 is 1.16 bits per heavy atom. The summed E-state index contributed by atoms with van der Waals surface area (Å²) < 4.78 is 6.92. The Bertz CT molecular complexity index is 783. The molecule has 1 fully saturated rings. The molecule has 1 heterocycles. The van der Waals surface area contributed by atoms with Crippen molar-refractivity contribution in [1.29, 1.82) is 0 Å². The lowest BCUT2D eigenvalue weighted by molar-refractivity contribution is 0.208. The number of likely N-dealkylation sites (N-methyl/N-ethyl adjacent to an activating group) is 1. The third-order valence-electron chi connectivity index (χ3n) is 5.63. The van der Waals surface area contributed by atoms with Crippen molar-refractivity contribution in [3.05, 3.63) is 96.6 Å². The van der Waals surface area contributed by atoms with Gasteiger partial charge in [-0.1, -0.05) is 97.9 Å². The van der Waals surface area contributed by atoms with Crippen LogP contribution in [0.3, 0.4) is 0 Å². The molecule has 1 aliphatic rings. The van der Waals surface area contributed by atoms with Gasteiger partial charge < -0.3 is 9.47 Å². The third kappa shape index (κ3) is 2.60.